The van der Waals surface area contributed by atoms with Crippen molar-refractivity contribution in [3.8, 4) is 11.8 Å². The van der Waals surface area contributed by atoms with Crippen LogP contribution in [0.1, 0.15) is 11.1 Å². The minimum Gasteiger partial charge on any atom is -0.384 e. The molecule has 2 aromatic rings. The van der Waals surface area contributed by atoms with Crippen LogP contribution in [-0.4, -0.2) is 21.5 Å². The molecule has 0 fully saturated rings. The molecule has 0 aliphatic heterocycles. The first kappa shape index (κ1) is 12.9. The summed E-state index contributed by atoms with van der Waals surface area (Å²) in [6.07, 6.45) is 0. The molecule has 0 amide bonds. The third-order valence-electron chi connectivity index (χ3n) is 2.49. The summed E-state index contributed by atoms with van der Waals surface area (Å²) in [5, 5.41) is 11.0. The van der Waals surface area contributed by atoms with E-state index in [4.69, 9.17) is 5.11 Å². The van der Waals surface area contributed by atoms with Crippen molar-refractivity contribution in [1.82, 2.24) is 9.78 Å². The van der Waals surface area contributed by atoms with E-state index in [0.29, 0.717) is 6.54 Å². The topological polar surface area (TPSA) is 75.1 Å². The van der Waals surface area contributed by atoms with Gasteiger partial charge in [-0.1, -0.05) is 24.0 Å². The van der Waals surface area contributed by atoms with Crippen LogP contribution >= 0.6 is 0 Å². The van der Waals surface area contributed by atoms with Crippen molar-refractivity contribution in [2.75, 3.05) is 6.61 Å². The first-order valence-corrected chi connectivity index (χ1v) is 5.68. The fourth-order valence-electron chi connectivity index (χ4n) is 1.60. The fourth-order valence-corrected chi connectivity index (χ4v) is 1.60. The predicted octanol–water partition coefficient (Wildman–Crippen LogP) is -0.0713. The standard InChI is InChI=1S/C14H12N2O3/c17-9-1-2-11-3-5-12(6-4-11)10-16-14(19)8-7-13(18)15-16/h3-8,17H,9-10H2,(H,15,18). The molecule has 0 spiro atoms. The van der Waals surface area contributed by atoms with Crippen LogP contribution in [0.15, 0.2) is 46.0 Å². The highest BCUT2D eigenvalue weighted by Gasteiger charge is 1.98. The van der Waals surface area contributed by atoms with Gasteiger partial charge in [0.2, 0.25) is 0 Å². The molecule has 1 aromatic heterocycles. The number of hydrogen-bond acceptors (Lipinski definition) is 3. The lowest BCUT2D eigenvalue weighted by Gasteiger charge is -2.04. The summed E-state index contributed by atoms with van der Waals surface area (Å²) in [6, 6.07) is 9.67. The number of rotatable bonds is 2. The van der Waals surface area contributed by atoms with Gasteiger partial charge in [0.15, 0.2) is 0 Å². The second-order valence-electron chi connectivity index (χ2n) is 3.89. The average Bonchev–Trinajstić information content (AvgIpc) is 2.42. The van der Waals surface area contributed by atoms with Gasteiger partial charge in [0.1, 0.15) is 6.61 Å². The lowest BCUT2D eigenvalue weighted by molar-refractivity contribution is 0.350. The largest absolute Gasteiger partial charge is 0.384 e. The van der Waals surface area contributed by atoms with Crippen LogP contribution in [0.4, 0.5) is 0 Å². The molecule has 0 saturated heterocycles. The summed E-state index contributed by atoms with van der Waals surface area (Å²) in [6.45, 7) is 0.116. The molecule has 19 heavy (non-hydrogen) atoms. The number of aliphatic hydroxyl groups is 1. The Morgan fingerprint density at radius 1 is 1.11 bits per heavy atom. The molecule has 96 valence electrons. The third kappa shape index (κ3) is 3.44. The summed E-state index contributed by atoms with van der Waals surface area (Å²) >= 11 is 0. The van der Waals surface area contributed by atoms with Crippen LogP contribution in [-0.2, 0) is 6.54 Å². The molecule has 0 atom stereocenters. The first-order chi connectivity index (χ1) is 9.19. The number of nitrogens with zero attached hydrogens (tertiary/aromatic N) is 1. The number of H-pyrrole nitrogens is 1. The molecule has 0 aliphatic carbocycles. The van der Waals surface area contributed by atoms with Crippen LogP contribution in [0.5, 0.6) is 0 Å². The third-order valence-corrected chi connectivity index (χ3v) is 2.49. The van der Waals surface area contributed by atoms with Crippen LogP contribution in [0.25, 0.3) is 0 Å². The van der Waals surface area contributed by atoms with Crippen molar-refractivity contribution < 1.29 is 5.11 Å². The van der Waals surface area contributed by atoms with Crippen molar-refractivity contribution in [2.45, 2.75) is 6.54 Å². The van der Waals surface area contributed by atoms with Gasteiger partial charge in [-0.3, -0.25) is 14.7 Å². The maximum atomic E-state index is 11.5. The summed E-state index contributed by atoms with van der Waals surface area (Å²) in [5.41, 5.74) is 1.08. The van der Waals surface area contributed by atoms with Gasteiger partial charge in [-0.15, -0.1) is 0 Å². The zero-order valence-corrected chi connectivity index (χ0v) is 10.1. The van der Waals surface area contributed by atoms with Gasteiger partial charge in [-0.25, -0.2) is 4.68 Å². The minimum absolute atomic E-state index is 0.178. The van der Waals surface area contributed by atoms with Crippen LogP contribution in [0.3, 0.4) is 0 Å². The fraction of sp³-hybridized carbons (Fsp3) is 0.143. The zero-order chi connectivity index (χ0) is 13.7. The monoisotopic (exact) mass is 256 g/mol. The maximum absolute atomic E-state index is 11.5. The van der Waals surface area contributed by atoms with E-state index in [1.54, 1.807) is 12.1 Å². The number of benzene rings is 1. The molecular formula is C14H12N2O3. The number of aromatic nitrogens is 2. The smallest absolute Gasteiger partial charge is 0.265 e. The van der Waals surface area contributed by atoms with Gasteiger partial charge in [0, 0.05) is 17.7 Å². The molecule has 1 heterocycles. The lowest BCUT2D eigenvalue weighted by atomic mass is 10.1. The Kier molecular flexibility index (Phi) is 3.96. The van der Waals surface area contributed by atoms with E-state index in [1.807, 2.05) is 12.1 Å². The van der Waals surface area contributed by atoms with Gasteiger partial charge >= 0.3 is 0 Å². The van der Waals surface area contributed by atoms with Gasteiger partial charge in [0.05, 0.1) is 6.54 Å². The van der Waals surface area contributed by atoms with Crippen molar-refractivity contribution >= 4 is 0 Å². The van der Waals surface area contributed by atoms with Gasteiger partial charge in [-0.2, -0.15) is 0 Å². The molecule has 2 rings (SSSR count). The number of nitrogens with one attached hydrogen (secondary N) is 1. The van der Waals surface area contributed by atoms with Gasteiger partial charge < -0.3 is 5.11 Å². The quantitative estimate of drug-likeness (QED) is 0.738. The van der Waals surface area contributed by atoms with E-state index in [2.05, 4.69) is 16.9 Å². The molecule has 5 heteroatoms. The number of hydrogen-bond donors (Lipinski definition) is 2. The van der Waals surface area contributed by atoms with E-state index < -0.39 is 0 Å². The lowest BCUT2D eigenvalue weighted by Crippen LogP contribution is -2.28. The molecule has 0 radical (unpaired) electrons. The average molecular weight is 256 g/mol. The first-order valence-electron chi connectivity index (χ1n) is 5.68. The summed E-state index contributed by atoms with van der Waals surface area (Å²) in [7, 11) is 0. The van der Waals surface area contributed by atoms with Crippen molar-refractivity contribution in [3.63, 3.8) is 0 Å². The Morgan fingerprint density at radius 3 is 2.53 bits per heavy atom. The molecular weight excluding hydrogens is 244 g/mol. The number of aliphatic hydroxyl groups excluding tert-OH is 1. The zero-order valence-electron chi connectivity index (χ0n) is 10.1. The molecule has 0 aliphatic rings. The Morgan fingerprint density at radius 2 is 1.84 bits per heavy atom. The Labute approximate surface area is 109 Å². The van der Waals surface area contributed by atoms with E-state index >= 15 is 0 Å². The van der Waals surface area contributed by atoms with E-state index in [1.165, 1.54) is 16.8 Å². The molecule has 1 aromatic carbocycles. The molecule has 2 N–H and O–H groups in total. The van der Waals surface area contributed by atoms with Crippen LogP contribution in [0.2, 0.25) is 0 Å². The second-order valence-corrected chi connectivity index (χ2v) is 3.89. The van der Waals surface area contributed by atoms with E-state index in [-0.39, 0.29) is 17.7 Å². The summed E-state index contributed by atoms with van der Waals surface area (Å²) in [4.78, 5) is 22.7. The Balaban J connectivity index is 2.22. The second kappa shape index (κ2) is 5.85. The maximum Gasteiger partial charge on any atom is 0.265 e. The molecule has 0 bridgehead atoms. The normalized spacial score (nSPS) is 9.74. The highest BCUT2D eigenvalue weighted by molar-refractivity contribution is 5.36. The van der Waals surface area contributed by atoms with Crippen LogP contribution < -0.4 is 11.1 Å². The Bertz CT molecular complexity index is 730. The predicted molar refractivity (Wildman–Crippen MR) is 70.8 cm³/mol. The van der Waals surface area contributed by atoms with E-state index in [0.717, 1.165) is 11.1 Å². The minimum atomic E-state index is -0.315. The highest BCUT2D eigenvalue weighted by Crippen LogP contribution is 2.03. The Hall–Kier alpha value is -2.58. The summed E-state index contributed by atoms with van der Waals surface area (Å²) < 4.78 is 1.25. The summed E-state index contributed by atoms with van der Waals surface area (Å²) in [5.74, 6) is 5.33. The molecule has 0 unspecified atom stereocenters. The van der Waals surface area contributed by atoms with Crippen LogP contribution in [0, 0.1) is 11.8 Å². The highest BCUT2D eigenvalue weighted by atomic mass is 16.2. The molecule has 5 nitrogen and oxygen atoms in total. The van der Waals surface area contributed by atoms with Crippen molar-refractivity contribution in [3.05, 3.63) is 68.2 Å². The van der Waals surface area contributed by atoms with E-state index in [9.17, 15) is 9.59 Å². The molecule has 0 saturated carbocycles. The number of aromatic amines is 1. The van der Waals surface area contributed by atoms with Gasteiger partial charge in [-0.05, 0) is 17.7 Å². The van der Waals surface area contributed by atoms with Crippen molar-refractivity contribution in [2.24, 2.45) is 0 Å². The van der Waals surface area contributed by atoms with Crippen molar-refractivity contribution in [1.29, 1.82) is 0 Å². The van der Waals surface area contributed by atoms with Gasteiger partial charge in [0.25, 0.3) is 11.1 Å². The SMILES string of the molecule is O=c1ccc(=O)n(Cc2ccc(C#CCO)cc2)[nH]1.